The second-order valence-corrected chi connectivity index (χ2v) is 7.25. The summed E-state index contributed by atoms with van der Waals surface area (Å²) in [6.07, 6.45) is 0.589. The smallest absolute Gasteiger partial charge is 0.337 e. The zero-order valence-electron chi connectivity index (χ0n) is 14.5. The van der Waals surface area contributed by atoms with Crippen LogP contribution in [0.5, 0.6) is 5.75 Å². The predicted octanol–water partition coefficient (Wildman–Crippen LogP) is 2.03. The van der Waals surface area contributed by atoms with E-state index < -0.39 is 17.0 Å². The van der Waals surface area contributed by atoms with E-state index in [0.29, 0.717) is 30.1 Å². The van der Waals surface area contributed by atoms with Gasteiger partial charge in [-0.15, -0.1) is 11.8 Å². The van der Waals surface area contributed by atoms with Gasteiger partial charge in [0.2, 0.25) is 5.91 Å². The summed E-state index contributed by atoms with van der Waals surface area (Å²) < 4.78 is 10.6. The summed E-state index contributed by atoms with van der Waals surface area (Å²) in [6.45, 7) is 2.26. The molecule has 8 heteroatoms. The fourth-order valence-electron chi connectivity index (χ4n) is 3.09. The molecule has 2 aromatic rings. The molecule has 0 bridgehead atoms. The SMILES string of the molecule is COc1cc2oc(=O)cc(C)c2cc1CCC(=O)N1CCSC1C(=O)O. The lowest BCUT2D eigenvalue weighted by Crippen LogP contribution is -2.39. The van der Waals surface area contributed by atoms with Crippen LogP contribution in [0.15, 0.2) is 27.4 Å². The third kappa shape index (κ3) is 3.55. The van der Waals surface area contributed by atoms with E-state index in [4.69, 9.17) is 9.15 Å². The average molecular weight is 377 g/mol. The summed E-state index contributed by atoms with van der Waals surface area (Å²) >= 11 is 1.26. The number of methoxy groups -OCH3 is 1. The van der Waals surface area contributed by atoms with Gasteiger partial charge < -0.3 is 19.2 Å². The van der Waals surface area contributed by atoms with Crippen molar-refractivity contribution in [3.63, 3.8) is 0 Å². The van der Waals surface area contributed by atoms with Crippen molar-refractivity contribution in [1.82, 2.24) is 4.90 Å². The van der Waals surface area contributed by atoms with Crippen molar-refractivity contribution in [3.8, 4) is 5.75 Å². The number of carbonyl (C=O) groups excluding carboxylic acids is 1. The number of thioether (sulfide) groups is 1. The number of carboxylic acid groups (broad SMARTS) is 1. The van der Waals surface area contributed by atoms with Crippen LogP contribution in [0.2, 0.25) is 0 Å². The molecule has 1 aromatic carbocycles. The molecule has 0 radical (unpaired) electrons. The lowest BCUT2D eigenvalue weighted by molar-refractivity contribution is -0.145. The lowest BCUT2D eigenvalue weighted by atomic mass is 10.0. The number of hydrogen-bond acceptors (Lipinski definition) is 6. The van der Waals surface area contributed by atoms with Gasteiger partial charge in [0, 0.05) is 36.2 Å². The molecule has 1 aliphatic heterocycles. The fourth-order valence-corrected chi connectivity index (χ4v) is 4.16. The largest absolute Gasteiger partial charge is 0.496 e. The average Bonchev–Trinajstić information content (AvgIpc) is 3.09. The van der Waals surface area contributed by atoms with E-state index in [2.05, 4.69) is 0 Å². The van der Waals surface area contributed by atoms with E-state index >= 15 is 0 Å². The highest BCUT2D eigenvalue weighted by Gasteiger charge is 2.34. The maximum Gasteiger partial charge on any atom is 0.337 e. The Morgan fingerprint density at radius 3 is 2.85 bits per heavy atom. The van der Waals surface area contributed by atoms with Gasteiger partial charge in [0.05, 0.1) is 7.11 Å². The van der Waals surface area contributed by atoms with Gasteiger partial charge in [-0.05, 0) is 30.5 Å². The van der Waals surface area contributed by atoms with Crippen molar-refractivity contribution in [2.24, 2.45) is 0 Å². The van der Waals surface area contributed by atoms with E-state index in [1.165, 1.54) is 29.8 Å². The third-order valence-corrected chi connectivity index (χ3v) is 5.57. The summed E-state index contributed by atoms with van der Waals surface area (Å²) in [5.41, 5.74) is 1.60. The normalized spacial score (nSPS) is 16.8. The number of fused-ring (bicyclic) bond motifs is 1. The minimum atomic E-state index is -0.991. The molecule has 1 atom stereocenters. The van der Waals surface area contributed by atoms with Crippen LogP contribution < -0.4 is 10.4 Å². The van der Waals surface area contributed by atoms with Crippen LogP contribution >= 0.6 is 11.8 Å². The van der Waals surface area contributed by atoms with Gasteiger partial charge in [-0.2, -0.15) is 0 Å². The summed E-state index contributed by atoms with van der Waals surface area (Å²) in [5.74, 6) is -0.0273. The van der Waals surface area contributed by atoms with Crippen LogP contribution in [0.25, 0.3) is 11.0 Å². The van der Waals surface area contributed by atoms with Gasteiger partial charge in [-0.3, -0.25) is 4.79 Å². The Morgan fingerprint density at radius 1 is 1.38 bits per heavy atom. The number of nitrogens with zero attached hydrogens (tertiary/aromatic N) is 1. The number of carboxylic acids is 1. The second kappa shape index (κ2) is 7.41. The molecule has 7 nitrogen and oxygen atoms in total. The number of hydrogen-bond donors (Lipinski definition) is 1. The Labute approximate surface area is 153 Å². The molecule has 1 fully saturated rings. The Balaban J connectivity index is 1.83. The Morgan fingerprint density at radius 2 is 2.15 bits per heavy atom. The maximum atomic E-state index is 12.5. The van der Waals surface area contributed by atoms with Crippen LogP contribution in [0.4, 0.5) is 0 Å². The molecule has 138 valence electrons. The van der Waals surface area contributed by atoms with E-state index in [9.17, 15) is 19.5 Å². The Kier molecular flexibility index (Phi) is 5.22. The van der Waals surface area contributed by atoms with E-state index in [-0.39, 0.29) is 12.3 Å². The first kappa shape index (κ1) is 18.3. The van der Waals surface area contributed by atoms with E-state index in [1.54, 1.807) is 6.07 Å². The number of aryl methyl sites for hydroxylation is 2. The summed E-state index contributed by atoms with van der Waals surface area (Å²) in [6, 6.07) is 4.92. The van der Waals surface area contributed by atoms with Crippen molar-refractivity contribution < 1.29 is 23.8 Å². The van der Waals surface area contributed by atoms with Crippen molar-refractivity contribution >= 4 is 34.6 Å². The molecule has 1 amide bonds. The second-order valence-electron chi connectivity index (χ2n) is 6.06. The van der Waals surface area contributed by atoms with Gasteiger partial charge in [-0.1, -0.05) is 0 Å². The van der Waals surface area contributed by atoms with Crippen LogP contribution in [0.1, 0.15) is 17.5 Å². The topological polar surface area (TPSA) is 97.0 Å². The zero-order valence-corrected chi connectivity index (χ0v) is 15.3. The van der Waals surface area contributed by atoms with Crippen LogP contribution in [0, 0.1) is 6.92 Å². The van der Waals surface area contributed by atoms with Gasteiger partial charge in [0.15, 0.2) is 5.37 Å². The maximum absolute atomic E-state index is 12.5. The minimum absolute atomic E-state index is 0.183. The molecule has 1 aliphatic rings. The molecular formula is C18H19NO6S. The van der Waals surface area contributed by atoms with Gasteiger partial charge >= 0.3 is 11.6 Å². The number of aliphatic carboxylic acids is 1. The van der Waals surface area contributed by atoms with E-state index in [0.717, 1.165) is 16.5 Å². The number of carbonyl (C=O) groups is 2. The molecular weight excluding hydrogens is 358 g/mol. The first-order valence-corrected chi connectivity index (χ1v) is 9.21. The zero-order chi connectivity index (χ0) is 18.8. The monoisotopic (exact) mass is 377 g/mol. The molecule has 0 saturated carbocycles. The third-order valence-electron chi connectivity index (χ3n) is 4.38. The summed E-state index contributed by atoms with van der Waals surface area (Å²) in [4.78, 5) is 36.6. The number of benzene rings is 1. The molecule has 0 spiro atoms. The minimum Gasteiger partial charge on any atom is -0.496 e. The predicted molar refractivity (Wildman–Crippen MR) is 97.7 cm³/mol. The number of ether oxygens (including phenoxy) is 1. The van der Waals surface area contributed by atoms with Crippen LogP contribution in [-0.2, 0) is 16.0 Å². The quantitative estimate of drug-likeness (QED) is 0.796. The summed E-state index contributed by atoms with van der Waals surface area (Å²) in [5, 5.41) is 9.18. The standard InChI is InChI=1S/C18H19NO6S/c1-10-7-16(21)25-14-9-13(24-2)11(8-12(10)14)3-4-15(20)19-5-6-26-17(19)18(22)23/h7-9,17H,3-6H2,1-2H3,(H,22,23). The number of amides is 1. The number of rotatable bonds is 5. The van der Waals surface area contributed by atoms with Crippen molar-refractivity contribution in [1.29, 1.82) is 0 Å². The molecule has 0 aliphatic carbocycles. The van der Waals surface area contributed by atoms with Gasteiger partial charge in [0.1, 0.15) is 11.3 Å². The highest BCUT2D eigenvalue weighted by Crippen LogP contribution is 2.29. The molecule has 2 heterocycles. The lowest BCUT2D eigenvalue weighted by Gasteiger charge is -2.20. The summed E-state index contributed by atoms with van der Waals surface area (Å²) in [7, 11) is 1.51. The Hall–Kier alpha value is -2.48. The van der Waals surface area contributed by atoms with Gasteiger partial charge in [-0.25, -0.2) is 9.59 Å². The molecule has 1 N–H and O–H groups in total. The van der Waals surface area contributed by atoms with Crippen LogP contribution in [-0.4, -0.2) is 46.7 Å². The highest BCUT2D eigenvalue weighted by atomic mass is 32.2. The van der Waals surface area contributed by atoms with Crippen molar-refractivity contribution in [2.45, 2.75) is 25.1 Å². The molecule has 1 saturated heterocycles. The van der Waals surface area contributed by atoms with Crippen molar-refractivity contribution in [2.75, 3.05) is 19.4 Å². The van der Waals surface area contributed by atoms with Crippen molar-refractivity contribution in [3.05, 3.63) is 39.7 Å². The molecule has 26 heavy (non-hydrogen) atoms. The van der Waals surface area contributed by atoms with Gasteiger partial charge in [0.25, 0.3) is 0 Å². The molecule has 3 rings (SSSR count). The Bertz CT molecular complexity index is 922. The molecule has 1 unspecified atom stereocenters. The first-order valence-electron chi connectivity index (χ1n) is 8.16. The fraction of sp³-hybridized carbons (Fsp3) is 0.389. The van der Waals surface area contributed by atoms with E-state index in [1.807, 2.05) is 13.0 Å². The first-order chi connectivity index (χ1) is 12.4. The molecule has 1 aromatic heterocycles. The highest BCUT2D eigenvalue weighted by molar-refractivity contribution is 8.00. The van der Waals surface area contributed by atoms with Crippen LogP contribution in [0.3, 0.4) is 0 Å².